The number of alkyl halides is 3. The topological polar surface area (TPSA) is 23.6 Å². The quantitative estimate of drug-likeness (QED) is 0.552. The summed E-state index contributed by atoms with van der Waals surface area (Å²) in [5.74, 6) is -1.45. The Morgan fingerprint density at radius 3 is 2.40 bits per heavy atom. The van der Waals surface area contributed by atoms with Gasteiger partial charge >= 0.3 is 6.18 Å². The summed E-state index contributed by atoms with van der Waals surface area (Å²) in [7, 11) is 1.80. The van der Waals surface area contributed by atoms with Gasteiger partial charge in [-0.25, -0.2) is 4.39 Å². The molecule has 0 unspecified atom stereocenters. The van der Waals surface area contributed by atoms with Gasteiger partial charge in [0.1, 0.15) is 5.82 Å². The molecule has 9 heteroatoms. The molecule has 30 heavy (non-hydrogen) atoms. The number of halogens is 6. The van der Waals surface area contributed by atoms with Gasteiger partial charge in [-0.3, -0.25) is 9.69 Å². The predicted molar refractivity (Wildman–Crippen MR) is 108 cm³/mol. The molecule has 3 nitrogen and oxygen atoms in total. The first-order chi connectivity index (χ1) is 14.0. The van der Waals surface area contributed by atoms with Gasteiger partial charge in [-0.2, -0.15) is 13.2 Å². The Morgan fingerprint density at radius 2 is 1.83 bits per heavy atom. The van der Waals surface area contributed by atoms with Gasteiger partial charge in [0.05, 0.1) is 15.6 Å². The first-order valence-electron chi connectivity index (χ1n) is 9.23. The molecule has 1 fully saturated rings. The van der Waals surface area contributed by atoms with Crippen LogP contribution < -0.4 is 0 Å². The molecule has 1 amide bonds. The average molecular weight is 463 g/mol. The third kappa shape index (κ3) is 4.90. The number of likely N-dealkylation sites (N-methyl/N-ethyl adjacent to an activating group) is 1. The van der Waals surface area contributed by atoms with Gasteiger partial charge in [-0.05, 0) is 42.4 Å². The van der Waals surface area contributed by atoms with Crippen molar-refractivity contribution < 1.29 is 22.4 Å². The zero-order chi connectivity index (χ0) is 22.2. The molecule has 2 aromatic rings. The Bertz CT molecular complexity index is 951. The molecule has 2 aromatic carbocycles. The number of benzene rings is 2. The van der Waals surface area contributed by atoms with Crippen LogP contribution in [0.5, 0.6) is 0 Å². The van der Waals surface area contributed by atoms with Gasteiger partial charge in [0.15, 0.2) is 0 Å². The van der Waals surface area contributed by atoms with E-state index in [2.05, 4.69) is 0 Å². The van der Waals surface area contributed by atoms with Crippen molar-refractivity contribution >= 4 is 29.1 Å². The van der Waals surface area contributed by atoms with E-state index in [0.717, 1.165) is 17.7 Å². The van der Waals surface area contributed by atoms with Gasteiger partial charge in [0, 0.05) is 38.5 Å². The first-order valence-corrected chi connectivity index (χ1v) is 9.99. The molecule has 2 atom stereocenters. The lowest BCUT2D eigenvalue weighted by atomic mass is 9.93. The Labute approximate surface area is 182 Å². The lowest BCUT2D eigenvalue weighted by Gasteiger charge is -2.29. The third-order valence-electron chi connectivity index (χ3n) is 5.44. The maximum Gasteiger partial charge on any atom is 0.419 e. The molecular formula is C21H20Cl2F4N2O. The fraction of sp³-hybridized carbons (Fsp3) is 0.381. The fourth-order valence-electron chi connectivity index (χ4n) is 3.85. The summed E-state index contributed by atoms with van der Waals surface area (Å²) in [5, 5.41) is 0.827. The van der Waals surface area contributed by atoms with Crippen molar-refractivity contribution in [3.63, 3.8) is 0 Å². The number of carbonyl (C=O) groups is 1. The second-order valence-electron chi connectivity index (χ2n) is 7.50. The molecule has 1 aliphatic rings. The molecular weight excluding hydrogens is 443 g/mol. The predicted octanol–water partition coefficient (Wildman–Crippen LogP) is 5.60. The Hall–Kier alpha value is -1.83. The molecule has 0 saturated carbocycles. The summed E-state index contributed by atoms with van der Waals surface area (Å²) in [5.41, 5.74) is 0.0342. The molecule has 0 radical (unpaired) electrons. The van der Waals surface area contributed by atoms with Gasteiger partial charge in [0.2, 0.25) is 5.91 Å². The van der Waals surface area contributed by atoms with Gasteiger partial charge in [-0.15, -0.1) is 0 Å². The van der Waals surface area contributed by atoms with E-state index < -0.39 is 17.6 Å². The number of hydrogen-bond acceptors (Lipinski definition) is 2. The molecule has 1 aliphatic heterocycles. The van der Waals surface area contributed by atoms with E-state index >= 15 is 0 Å². The second kappa shape index (κ2) is 8.73. The van der Waals surface area contributed by atoms with E-state index in [9.17, 15) is 22.4 Å². The largest absolute Gasteiger partial charge is 0.419 e. The molecule has 3 rings (SSSR count). The summed E-state index contributed by atoms with van der Waals surface area (Å²) in [6.07, 6.45) is -4.74. The van der Waals surface area contributed by atoms with Crippen LogP contribution in [0.2, 0.25) is 10.0 Å². The van der Waals surface area contributed by atoms with Crippen LogP contribution in [0.4, 0.5) is 17.6 Å². The number of hydrogen-bond donors (Lipinski definition) is 0. The highest BCUT2D eigenvalue weighted by atomic mass is 35.5. The molecule has 0 spiro atoms. The van der Waals surface area contributed by atoms with Gasteiger partial charge in [-0.1, -0.05) is 35.3 Å². The highest BCUT2D eigenvalue weighted by Gasteiger charge is 2.38. The van der Waals surface area contributed by atoms with Crippen molar-refractivity contribution in [1.82, 2.24) is 9.80 Å². The Kier molecular flexibility index (Phi) is 6.65. The lowest BCUT2D eigenvalue weighted by molar-refractivity contribution is -0.140. The second-order valence-corrected chi connectivity index (χ2v) is 8.31. The number of rotatable bonds is 4. The number of likely N-dealkylation sites (tertiary alicyclic amines) is 1. The molecule has 1 saturated heterocycles. The van der Waals surface area contributed by atoms with Crippen LogP contribution in [0.1, 0.15) is 29.5 Å². The third-order valence-corrected chi connectivity index (χ3v) is 6.18. The summed E-state index contributed by atoms with van der Waals surface area (Å²) in [6.45, 7) is 2.63. The summed E-state index contributed by atoms with van der Waals surface area (Å²) >= 11 is 12.2. The van der Waals surface area contributed by atoms with E-state index in [1.165, 1.54) is 13.0 Å². The zero-order valence-corrected chi connectivity index (χ0v) is 17.8. The maximum absolute atomic E-state index is 13.9. The first kappa shape index (κ1) is 22.8. The standard InChI is InChI=1S/C21H20Cl2F4N2O/c1-12(30)29-10-15(14-4-6-17(22)18(23)8-14)20(11-29)28(2)9-13-3-5-16(19(24)7-13)21(25,26)27/h3-8,15,20H,9-11H2,1-2H3/t15-,20+/m1/s1. The number of amides is 1. The smallest absolute Gasteiger partial charge is 0.341 e. The highest BCUT2D eigenvalue weighted by molar-refractivity contribution is 6.42. The van der Waals surface area contributed by atoms with Crippen molar-refractivity contribution in [2.75, 3.05) is 20.1 Å². The highest BCUT2D eigenvalue weighted by Crippen LogP contribution is 2.35. The normalized spacial score (nSPS) is 19.6. The molecule has 0 aromatic heterocycles. The summed E-state index contributed by atoms with van der Waals surface area (Å²) in [4.78, 5) is 15.6. The summed E-state index contributed by atoms with van der Waals surface area (Å²) in [6, 6.07) is 8.11. The van der Waals surface area contributed by atoms with E-state index in [4.69, 9.17) is 23.2 Å². The zero-order valence-electron chi connectivity index (χ0n) is 16.3. The van der Waals surface area contributed by atoms with Crippen LogP contribution in [0.15, 0.2) is 36.4 Å². The van der Waals surface area contributed by atoms with Gasteiger partial charge in [0.25, 0.3) is 0 Å². The van der Waals surface area contributed by atoms with Crippen molar-refractivity contribution in [3.8, 4) is 0 Å². The van der Waals surface area contributed by atoms with Crippen molar-refractivity contribution in [3.05, 3.63) is 69.0 Å². The average Bonchev–Trinajstić information content (AvgIpc) is 3.09. The van der Waals surface area contributed by atoms with Crippen molar-refractivity contribution in [2.45, 2.75) is 31.6 Å². The Balaban J connectivity index is 1.84. The summed E-state index contributed by atoms with van der Waals surface area (Å²) < 4.78 is 52.3. The van der Waals surface area contributed by atoms with Crippen LogP contribution in [0.3, 0.4) is 0 Å². The van der Waals surface area contributed by atoms with Crippen LogP contribution in [-0.4, -0.2) is 41.9 Å². The lowest BCUT2D eigenvalue weighted by Crippen LogP contribution is -2.37. The van der Waals surface area contributed by atoms with Crippen molar-refractivity contribution in [1.29, 1.82) is 0 Å². The number of carbonyl (C=O) groups excluding carboxylic acids is 1. The molecule has 0 N–H and O–H groups in total. The molecule has 162 valence electrons. The molecule has 0 aliphatic carbocycles. The minimum atomic E-state index is -4.74. The van der Waals surface area contributed by atoms with E-state index in [1.807, 2.05) is 11.0 Å². The van der Waals surface area contributed by atoms with Crippen LogP contribution >= 0.6 is 23.2 Å². The van der Waals surface area contributed by atoms with Crippen LogP contribution in [0.25, 0.3) is 0 Å². The minimum absolute atomic E-state index is 0.0727. The molecule has 0 bridgehead atoms. The monoisotopic (exact) mass is 462 g/mol. The molecule has 1 heterocycles. The van der Waals surface area contributed by atoms with E-state index in [1.54, 1.807) is 24.1 Å². The van der Waals surface area contributed by atoms with Gasteiger partial charge < -0.3 is 4.90 Å². The van der Waals surface area contributed by atoms with E-state index in [0.29, 0.717) is 28.7 Å². The fourth-order valence-corrected chi connectivity index (χ4v) is 4.16. The number of nitrogens with zero attached hydrogens (tertiary/aromatic N) is 2. The van der Waals surface area contributed by atoms with Crippen LogP contribution in [-0.2, 0) is 17.5 Å². The Morgan fingerprint density at radius 1 is 1.13 bits per heavy atom. The maximum atomic E-state index is 13.9. The SMILES string of the molecule is CC(=O)N1C[C@H](c2ccc(Cl)c(Cl)c2)[C@@H](N(C)Cc2ccc(C(F)(F)F)c(F)c2)C1. The van der Waals surface area contributed by atoms with Crippen molar-refractivity contribution in [2.24, 2.45) is 0 Å². The van der Waals surface area contributed by atoms with Crippen LogP contribution in [0, 0.1) is 5.82 Å². The van der Waals surface area contributed by atoms with E-state index in [-0.39, 0.29) is 24.4 Å². The minimum Gasteiger partial charge on any atom is -0.341 e.